The summed E-state index contributed by atoms with van der Waals surface area (Å²) in [6.07, 6.45) is 5.67. The summed E-state index contributed by atoms with van der Waals surface area (Å²) in [5.41, 5.74) is 0. The van der Waals surface area contributed by atoms with Crippen molar-refractivity contribution in [2.45, 2.75) is 11.2 Å². The summed E-state index contributed by atoms with van der Waals surface area (Å²) in [6.45, 7) is 0. The molecule has 62 valence electrons. The summed E-state index contributed by atoms with van der Waals surface area (Å²) >= 11 is 3.27. The zero-order valence-corrected chi connectivity index (χ0v) is 8.66. The molecule has 2 nitrogen and oxygen atoms in total. The van der Waals surface area contributed by atoms with Gasteiger partial charge in [-0.15, -0.1) is 0 Å². The van der Waals surface area contributed by atoms with Crippen molar-refractivity contribution in [2.24, 2.45) is 0 Å². The third kappa shape index (κ3) is 2.61. The van der Waals surface area contributed by atoms with Crippen LogP contribution in [0, 0.1) is 0 Å². The average molecular weight is 258 g/mol. The molecular weight excluding hydrogens is 251 g/mol. The van der Waals surface area contributed by atoms with Crippen LogP contribution in [0.5, 0.6) is 0 Å². The third-order valence-electron chi connectivity index (χ3n) is 1.27. The molecule has 0 saturated heterocycles. The van der Waals surface area contributed by atoms with Gasteiger partial charge >= 0.3 is 0 Å². The number of hydrogen-bond donors (Lipinski definition) is 0. The fraction of sp³-hybridized carbons (Fsp3) is 0.333. The minimum absolute atomic E-state index is 0.0797. The highest BCUT2D eigenvalue weighted by atomic mass is 79.9. The van der Waals surface area contributed by atoms with E-state index in [1.807, 2.05) is 0 Å². The molecule has 0 spiro atoms. The Labute approximate surface area is 78.5 Å². The minimum Gasteiger partial charge on any atom is -0.207 e. The molecule has 0 bridgehead atoms. The Morgan fingerprint density at radius 1 is 1.64 bits per heavy atom. The number of alkyl halides is 1. The van der Waals surface area contributed by atoms with E-state index < -0.39 is 9.05 Å². The number of allylic oxidation sites excluding steroid dienone is 3. The highest BCUT2D eigenvalue weighted by molar-refractivity contribution is 9.09. The van der Waals surface area contributed by atoms with Gasteiger partial charge in [0.25, 0.3) is 9.05 Å². The summed E-state index contributed by atoms with van der Waals surface area (Å²) in [5.74, 6) is 0. The van der Waals surface area contributed by atoms with Gasteiger partial charge in [-0.25, -0.2) is 8.42 Å². The van der Waals surface area contributed by atoms with Crippen LogP contribution in [0.25, 0.3) is 0 Å². The molecule has 0 aromatic heterocycles. The first-order valence-electron chi connectivity index (χ1n) is 2.97. The van der Waals surface area contributed by atoms with E-state index >= 15 is 0 Å². The lowest BCUT2D eigenvalue weighted by molar-refractivity contribution is 0.615. The predicted octanol–water partition coefficient (Wildman–Crippen LogP) is 2.16. The van der Waals surface area contributed by atoms with Crippen molar-refractivity contribution in [3.63, 3.8) is 0 Å². The van der Waals surface area contributed by atoms with E-state index in [0.717, 1.165) is 6.42 Å². The van der Waals surface area contributed by atoms with Crippen LogP contribution in [0.3, 0.4) is 0 Å². The van der Waals surface area contributed by atoms with E-state index in [9.17, 15) is 8.42 Å². The maximum absolute atomic E-state index is 10.8. The van der Waals surface area contributed by atoms with Gasteiger partial charge in [0.05, 0.1) is 4.91 Å². The van der Waals surface area contributed by atoms with Gasteiger partial charge in [0, 0.05) is 15.5 Å². The Morgan fingerprint density at radius 2 is 2.27 bits per heavy atom. The van der Waals surface area contributed by atoms with E-state index in [1.54, 1.807) is 12.2 Å². The molecule has 0 heterocycles. The molecule has 0 saturated carbocycles. The van der Waals surface area contributed by atoms with Crippen LogP contribution in [-0.4, -0.2) is 13.2 Å². The SMILES string of the molecule is O=S(=O)(Cl)C1=CC(Br)CC=C1. The molecule has 1 aliphatic carbocycles. The third-order valence-corrected chi connectivity index (χ3v) is 3.28. The Hall–Kier alpha value is 0.200. The van der Waals surface area contributed by atoms with Crippen LogP contribution >= 0.6 is 26.6 Å². The molecule has 1 aliphatic rings. The number of halogens is 2. The van der Waals surface area contributed by atoms with Crippen molar-refractivity contribution in [1.29, 1.82) is 0 Å². The molecule has 5 heteroatoms. The van der Waals surface area contributed by atoms with E-state index in [2.05, 4.69) is 15.9 Å². The van der Waals surface area contributed by atoms with E-state index in [1.165, 1.54) is 6.08 Å². The summed E-state index contributed by atoms with van der Waals surface area (Å²) in [6, 6.07) is 0. The zero-order chi connectivity index (χ0) is 8.48. The predicted molar refractivity (Wildman–Crippen MR) is 49.3 cm³/mol. The Kier molecular flexibility index (Phi) is 2.78. The van der Waals surface area contributed by atoms with Gasteiger partial charge in [0.2, 0.25) is 0 Å². The van der Waals surface area contributed by atoms with Crippen LogP contribution in [0.1, 0.15) is 6.42 Å². The average Bonchev–Trinajstić information content (AvgIpc) is 1.86. The molecule has 1 atom stereocenters. The molecule has 1 unspecified atom stereocenters. The second-order valence-corrected chi connectivity index (χ2v) is 5.90. The Morgan fingerprint density at radius 3 is 2.64 bits per heavy atom. The van der Waals surface area contributed by atoms with E-state index in [0.29, 0.717) is 0 Å². The van der Waals surface area contributed by atoms with Crippen molar-refractivity contribution >= 4 is 35.7 Å². The lowest BCUT2D eigenvalue weighted by Gasteiger charge is -2.07. The van der Waals surface area contributed by atoms with Gasteiger partial charge in [-0.3, -0.25) is 0 Å². The molecule has 0 fully saturated rings. The Balaban J connectivity index is 2.98. The van der Waals surface area contributed by atoms with Gasteiger partial charge in [-0.1, -0.05) is 28.1 Å². The van der Waals surface area contributed by atoms with Crippen molar-refractivity contribution in [3.8, 4) is 0 Å². The fourth-order valence-corrected chi connectivity index (χ4v) is 2.35. The topological polar surface area (TPSA) is 34.1 Å². The van der Waals surface area contributed by atoms with Crippen molar-refractivity contribution in [2.75, 3.05) is 0 Å². The first-order valence-corrected chi connectivity index (χ1v) is 6.20. The second kappa shape index (κ2) is 3.29. The van der Waals surface area contributed by atoms with Crippen LogP contribution in [0.15, 0.2) is 23.1 Å². The molecule has 0 aliphatic heterocycles. The van der Waals surface area contributed by atoms with Crippen LogP contribution in [-0.2, 0) is 9.05 Å². The molecule has 0 aromatic rings. The maximum atomic E-state index is 10.8. The van der Waals surface area contributed by atoms with Crippen LogP contribution < -0.4 is 0 Å². The molecular formula is C6H6BrClO2S. The zero-order valence-electron chi connectivity index (χ0n) is 5.50. The van der Waals surface area contributed by atoms with Crippen LogP contribution in [0.4, 0.5) is 0 Å². The van der Waals surface area contributed by atoms with Gasteiger partial charge in [0.1, 0.15) is 0 Å². The smallest absolute Gasteiger partial charge is 0.207 e. The summed E-state index contributed by atoms with van der Waals surface area (Å²) < 4.78 is 21.5. The second-order valence-electron chi connectivity index (χ2n) is 2.16. The normalized spacial score (nSPS) is 24.9. The minimum atomic E-state index is -3.54. The first kappa shape index (κ1) is 9.29. The lowest BCUT2D eigenvalue weighted by Crippen LogP contribution is -2.02. The highest BCUT2D eigenvalue weighted by Crippen LogP contribution is 2.22. The van der Waals surface area contributed by atoms with Gasteiger partial charge in [-0.2, -0.15) is 0 Å². The highest BCUT2D eigenvalue weighted by Gasteiger charge is 2.15. The number of hydrogen-bond acceptors (Lipinski definition) is 2. The molecule has 1 rings (SSSR count). The molecule has 0 radical (unpaired) electrons. The summed E-state index contributed by atoms with van der Waals surface area (Å²) in [5, 5.41) is 0. The van der Waals surface area contributed by atoms with E-state index in [-0.39, 0.29) is 9.73 Å². The lowest BCUT2D eigenvalue weighted by atomic mass is 10.2. The largest absolute Gasteiger partial charge is 0.261 e. The molecule has 0 N–H and O–H groups in total. The molecule has 11 heavy (non-hydrogen) atoms. The maximum Gasteiger partial charge on any atom is 0.261 e. The quantitative estimate of drug-likeness (QED) is 0.533. The Bertz CT molecular complexity index is 305. The molecule has 0 aromatic carbocycles. The van der Waals surface area contributed by atoms with Gasteiger partial charge in [-0.05, 0) is 12.5 Å². The van der Waals surface area contributed by atoms with Gasteiger partial charge in [0.15, 0.2) is 0 Å². The van der Waals surface area contributed by atoms with Crippen molar-refractivity contribution < 1.29 is 8.42 Å². The van der Waals surface area contributed by atoms with Gasteiger partial charge < -0.3 is 0 Å². The standard InChI is InChI=1S/C6H6BrClO2S/c7-5-2-1-3-6(4-5)11(8,9)10/h1,3-5H,2H2. The summed E-state index contributed by atoms with van der Waals surface area (Å²) in [7, 11) is 1.57. The van der Waals surface area contributed by atoms with E-state index in [4.69, 9.17) is 10.7 Å². The fourth-order valence-electron chi connectivity index (χ4n) is 0.779. The first-order chi connectivity index (χ1) is 5.00. The van der Waals surface area contributed by atoms with Crippen molar-refractivity contribution in [3.05, 3.63) is 23.1 Å². The van der Waals surface area contributed by atoms with Crippen LogP contribution in [0.2, 0.25) is 0 Å². The summed E-state index contributed by atoms with van der Waals surface area (Å²) in [4.78, 5) is 0.253. The van der Waals surface area contributed by atoms with Crippen molar-refractivity contribution in [1.82, 2.24) is 0 Å². The monoisotopic (exact) mass is 256 g/mol. The number of rotatable bonds is 1. The molecule has 0 amide bonds.